The zero-order chi connectivity index (χ0) is 16.3. The van der Waals surface area contributed by atoms with Crippen molar-refractivity contribution in [2.24, 2.45) is 11.8 Å². The average molecular weight is 304 g/mol. The molecule has 0 heterocycles. The average Bonchev–Trinajstić information content (AvgIpc) is 2.41. The van der Waals surface area contributed by atoms with E-state index in [9.17, 15) is 9.59 Å². The topological polar surface area (TPSA) is 110 Å². The van der Waals surface area contributed by atoms with Gasteiger partial charge in [-0.25, -0.2) is 4.79 Å². The van der Waals surface area contributed by atoms with Crippen LogP contribution in [0.3, 0.4) is 0 Å². The Labute approximate surface area is 125 Å². The number of hydrogen-bond acceptors (Lipinski definition) is 4. The molecule has 0 rings (SSSR count). The van der Waals surface area contributed by atoms with Crippen LogP contribution in [0.4, 0.5) is 4.79 Å². The third-order valence-corrected chi connectivity index (χ3v) is 3.49. The van der Waals surface area contributed by atoms with E-state index in [1.807, 2.05) is 13.8 Å². The Bertz CT molecular complexity index is 304. The van der Waals surface area contributed by atoms with Crippen LogP contribution in [0.1, 0.15) is 33.1 Å². The molecule has 21 heavy (non-hydrogen) atoms. The van der Waals surface area contributed by atoms with Gasteiger partial charge in [0.25, 0.3) is 0 Å². The van der Waals surface area contributed by atoms with Gasteiger partial charge < -0.3 is 25.5 Å². The van der Waals surface area contributed by atoms with Gasteiger partial charge in [-0.05, 0) is 24.7 Å². The first-order chi connectivity index (χ1) is 9.92. The van der Waals surface area contributed by atoms with Crippen LogP contribution in [0.15, 0.2) is 0 Å². The summed E-state index contributed by atoms with van der Waals surface area (Å²) in [5.74, 6) is -0.209. The van der Waals surface area contributed by atoms with E-state index in [1.54, 1.807) is 0 Å². The van der Waals surface area contributed by atoms with Gasteiger partial charge in [0.2, 0.25) is 0 Å². The maximum absolute atomic E-state index is 11.8. The van der Waals surface area contributed by atoms with Crippen molar-refractivity contribution in [3.63, 3.8) is 0 Å². The van der Waals surface area contributed by atoms with Gasteiger partial charge >= 0.3 is 12.0 Å². The summed E-state index contributed by atoms with van der Waals surface area (Å²) in [5.41, 5.74) is 0. The third-order valence-electron chi connectivity index (χ3n) is 3.49. The number of nitrogens with one attached hydrogen (secondary N) is 1. The second kappa shape index (κ2) is 11.3. The molecular weight excluding hydrogens is 276 g/mol. The quantitative estimate of drug-likeness (QED) is 0.444. The van der Waals surface area contributed by atoms with Crippen LogP contribution in [-0.4, -0.2) is 65.1 Å². The lowest BCUT2D eigenvalue weighted by Gasteiger charge is -2.23. The van der Waals surface area contributed by atoms with E-state index in [2.05, 4.69) is 5.32 Å². The number of hydrogen-bond donors (Lipinski definition) is 4. The Balaban J connectivity index is 4.16. The molecule has 0 fully saturated rings. The van der Waals surface area contributed by atoms with E-state index in [-0.39, 0.29) is 44.7 Å². The summed E-state index contributed by atoms with van der Waals surface area (Å²) in [7, 11) is 0. The monoisotopic (exact) mass is 304 g/mol. The number of amides is 2. The van der Waals surface area contributed by atoms with E-state index in [0.717, 1.165) is 0 Å². The molecule has 0 aromatic heterocycles. The minimum Gasteiger partial charge on any atom is -0.481 e. The first-order valence-corrected chi connectivity index (χ1v) is 7.38. The molecule has 0 aliphatic carbocycles. The first-order valence-electron chi connectivity index (χ1n) is 7.38. The van der Waals surface area contributed by atoms with Crippen molar-refractivity contribution in [3.8, 4) is 0 Å². The smallest absolute Gasteiger partial charge is 0.317 e. The molecule has 7 nitrogen and oxygen atoms in total. The minimum absolute atomic E-state index is 0.137. The van der Waals surface area contributed by atoms with Crippen LogP contribution < -0.4 is 5.32 Å². The number of aliphatic carboxylic acids is 1. The molecule has 124 valence electrons. The van der Waals surface area contributed by atoms with Gasteiger partial charge in [-0.15, -0.1) is 0 Å². The van der Waals surface area contributed by atoms with Gasteiger partial charge in [0.05, 0.1) is 13.2 Å². The van der Waals surface area contributed by atoms with Gasteiger partial charge in [0.1, 0.15) is 0 Å². The number of aliphatic hydroxyl groups is 2. The second-order valence-corrected chi connectivity index (χ2v) is 5.39. The highest BCUT2D eigenvalue weighted by atomic mass is 16.4. The van der Waals surface area contributed by atoms with Crippen molar-refractivity contribution in [1.82, 2.24) is 10.2 Å². The van der Waals surface area contributed by atoms with Crippen molar-refractivity contribution in [3.05, 3.63) is 0 Å². The van der Waals surface area contributed by atoms with Gasteiger partial charge in [0, 0.05) is 26.1 Å². The summed E-state index contributed by atoms with van der Waals surface area (Å²) in [6.07, 6.45) is 1.45. The van der Waals surface area contributed by atoms with Gasteiger partial charge in [-0.1, -0.05) is 13.8 Å². The summed E-state index contributed by atoms with van der Waals surface area (Å²) in [6, 6.07) is -0.321. The van der Waals surface area contributed by atoms with Crippen molar-refractivity contribution >= 4 is 12.0 Å². The Morgan fingerprint density at radius 2 is 1.67 bits per heavy atom. The molecule has 0 saturated carbocycles. The number of rotatable bonds is 11. The lowest BCUT2D eigenvalue weighted by atomic mass is 9.88. The summed E-state index contributed by atoms with van der Waals surface area (Å²) in [4.78, 5) is 23.8. The second-order valence-electron chi connectivity index (χ2n) is 5.39. The Hall–Kier alpha value is -1.34. The predicted molar refractivity (Wildman–Crippen MR) is 79.0 cm³/mol. The Morgan fingerprint density at radius 1 is 1.10 bits per heavy atom. The number of carboxylic acids is 1. The van der Waals surface area contributed by atoms with Crippen molar-refractivity contribution < 1.29 is 24.9 Å². The Morgan fingerprint density at radius 3 is 2.10 bits per heavy atom. The molecule has 1 unspecified atom stereocenters. The van der Waals surface area contributed by atoms with Crippen molar-refractivity contribution in [2.45, 2.75) is 33.1 Å². The highest BCUT2D eigenvalue weighted by molar-refractivity contribution is 5.74. The van der Waals surface area contributed by atoms with E-state index in [4.69, 9.17) is 15.3 Å². The number of carbonyl (C=O) groups excluding carboxylic acids is 1. The molecule has 0 spiro atoms. The molecule has 1 atom stereocenters. The number of aliphatic hydroxyl groups excluding tert-OH is 2. The molecule has 2 amide bonds. The summed E-state index contributed by atoms with van der Waals surface area (Å²) in [5, 5.41) is 29.2. The molecule has 0 aromatic rings. The standard InChI is InChI=1S/C14H28N2O5/c1-11(2)12(3-4-13(19)20)5-6-15-14(21)16(7-9-17)8-10-18/h11-12,17-18H,3-10H2,1-2H3,(H,15,21)(H,19,20). The summed E-state index contributed by atoms with van der Waals surface area (Å²) < 4.78 is 0. The fourth-order valence-electron chi connectivity index (χ4n) is 2.15. The van der Waals surface area contributed by atoms with Crippen LogP contribution in [0, 0.1) is 11.8 Å². The number of carbonyl (C=O) groups is 2. The van der Waals surface area contributed by atoms with Crippen LogP contribution >= 0.6 is 0 Å². The van der Waals surface area contributed by atoms with Crippen LogP contribution in [0.2, 0.25) is 0 Å². The largest absolute Gasteiger partial charge is 0.481 e. The fraction of sp³-hybridized carbons (Fsp3) is 0.857. The van der Waals surface area contributed by atoms with Gasteiger partial charge in [0.15, 0.2) is 0 Å². The highest BCUT2D eigenvalue weighted by Gasteiger charge is 2.16. The number of nitrogens with zero attached hydrogens (tertiary/aromatic N) is 1. The number of carboxylic acid groups (broad SMARTS) is 1. The van der Waals surface area contributed by atoms with Crippen LogP contribution in [0.25, 0.3) is 0 Å². The minimum atomic E-state index is -0.804. The van der Waals surface area contributed by atoms with Crippen molar-refractivity contribution in [2.75, 3.05) is 32.8 Å². The molecule has 7 heteroatoms. The maximum atomic E-state index is 11.8. The van der Waals surface area contributed by atoms with Crippen molar-refractivity contribution in [1.29, 1.82) is 0 Å². The molecule has 0 aliphatic heterocycles. The normalized spacial score (nSPS) is 12.2. The molecule has 0 aromatic carbocycles. The highest BCUT2D eigenvalue weighted by Crippen LogP contribution is 2.20. The van der Waals surface area contributed by atoms with Crippen LogP contribution in [-0.2, 0) is 4.79 Å². The predicted octanol–water partition coefficient (Wildman–Crippen LogP) is 0.510. The molecular formula is C14H28N2O5. The van der Waals surface area contributed by atoms with E-state index < -0.39 is 5.97 Å². The van der Waals surface area contributed by atoms with Gasteiger partial charge in [-0.2, -0.15) is 0 Å². The van der Waals surface area contributed by atoms with E-state index >= 15 is 0 Å². The SMILES string of the molecule is CC(C)C(CCNC(=O)N(CCO)CCO)CCC(=O)O. The molecule has 0 bridgehead atoms. The zero-order valence-corrected chi connectivity index (χ0v) is 12.9. The summed E-state index contributed by atoms with van der Waals surface area (Å²) >= 11 is 0. The Kier molecular flexibility index (Phi) is 10.6. The fourth-order valence-corrected chi connectivity index (χ4v) is 2.15. The van der Waals surface area contributed by atoms with Gasteiger partial charge in [-0.3, -0.25) is 4.79 Å². The van der Waals surface area contributed by atoms with Crippen LogP contribution in [0.5, 0.6) is 0 Å². The molecule has 0 saturated heterocycles. The summed E-state index contributed by atoms with van der Waals surface area (Å²) in [6.45, 7) is 4.59. The molecule has 0 radical (unpaired) electrons. The third kappa shape index (κ3) is 9.25. The lowest BCUT2D eigenvalue weighted by molar-refractivity contribution is -0.137. The first kappa shape index (κ1) is 19.7. The van der Waals surface area contributed by atoms with E-state index in [0.29, 0.717) is 25.3 Å². The molecule has 4 N–H and O–H groups in total. The van der Waals surface area contributed by atoms with E-state index in [1.165, 1.54) is 4.90 Å². The lowest BCUT2D eigenvalue weighted by Crippen LogP contribution is -2.43. The molecule has 0 aliphatic rings. The maximum Gasteiger partial charge on any atom is 0.317 e. The zero-order valence-electron chi connectivity index (χ0n) is 12.9. The number of urea groups is 1.